The van der Waals surface area contributed by atoms with Crippen LogP contribution >= 0.6 is 0 Å². The van der Waals surface area contributed by atoms with Gasteiger partial charge in [-0.3, -0.25) is 9.59 Å². The van der Waals surface area contributed by atoms with Gasteiger partial charge in [-0.1, -0.05) is 39.5 Å². The third kappa shape index (κ3) is 21.9. The quantitative estimate of drug-likeness (QED) is 0.142. The summed E-state index contributed by atoms with van der Waals surface area (Å²) in [4.78, 5) is 21.9. The van der Waals surface area contributed by atoms with E-state index in [0.29, 0.717) is 64.2 Å². The molecule has 0 saturated carbocycles. The minimum atomic E-state index is -1.14. The van der Waals surface area contributed by atoms with Crippen molar-refractivity contribution in [2.24, 2.45) is 11.8 Å². The first-order valence-corrected chi connectivity index (χ1v) is 11.3. The molecule has 32 heavy (non-hydrogen) atoms. The van der Waals surface area contributed by atoms with E-state index < -0.39 is 17.5 Å². The van der Waals surface area contributed by atoms with E-state index in [4.69, 9.17) is 30.6 Å². The number of aliphatic hydroxyl groups excluding tert-OH is 5. The molecule has 10 heteroatoms. The van der Waals surface area contributed by atoms with Gasteiger partial charge in [0.1, 0.15) is 0 Å². The van der Waals surface area contributed by atoms with Crippen LogP contribution in [0.4, 0.5) is 0 Å². The van der Waals surface area contributed by atoms with Crippen LogP contribution in [0.1, 0.15) is 78.1 Å². The molecular formula is C22H46O10. The van der Waals surface area contributed by atoms with Crippen LogP contribution < -0.4 is 0 Å². The molecule has 0 aromatic heterocycles. The number of unbranched alkanes of at least 4 members (excludes halogenated alkanes) is 2. The van der Waals surface area contributed by atoms with E-state index in [1.165, 1.54) is 0 Å². The van der Waals surface area contributed by atoms with Gasteiger partial charge in [0, 0.05) is 0 Å². The summed E-state index contributed by atoms with van der Waals surface area (Å²) in [5.74, 6) is -2.24. The largest absolute Gasteiger partial charge is 0.481 e. The van der Waals surface area contributed by atoms with Crippen LogP contribution in [-0.2, 0) is 9.59 Å². The smallest absolute Gasteiger partial charge is 0.306 e. The van der Waals surface area contributed by atoms with Crippen LogP contribution in [0.5, 0.6) is 0 Å². The molecule has 0 rings (SSSR count). The summed E-state index contributed by atoms with van der Waals surface area (Å²) < 4.78 is 0. The highest BCUT2D eigenvalue weighted by Gasteiger charge is 2.25. The fraction of sp³-hybridized carbons (Fsp3) is 0.909. The van der Waals surface area contributed by atoms with Crippen molar-refractivity contribution in [1.82, 2.24) is 0 Å². The molecule has 2 unspecified atom stereocenters. The fourth-order valence-electron chi connectivity index (χ4n) is 2.98. The van der Waals surface area contributed by atoms with Crippen LogP contribution in [-0.4, -0.2) is 91.4 Å². The molecule has 2 atom stereocenters. The van der Waals surface area contributed by atoms with Crippen molar-refractivity contribution in [2.45, 2.75) is 83.7 Å². The van der Waals surface area contributed by atoms with Gasteiger partial charge >= 0.3 is 11.9 Å². The summed E-state index contributed by atoms with van der Waals surface area (Å²) >= 11 is 0. The second-order valence-corrected chi connectivity index (χ2v) is 7.66. The highest BCUT2D eigenvalue weighted by Crippen LogP contribution is 2.24. The summed E-state index contributed by atoms with van der Waals surface area (Å²) in [5, 5.41) is 68.3. The summed E-state index contributed by atoms with van der Waals surface area (Å²) in [6.45, 7) is 2.88. The van der Waals surface area contributed by atoms with Gasteiger partial charge in [-0.2, -0.15) is 0 Å². The molecule has 0 saturated heterocycles. The number of carboxylic acids is 2. The SMILES string of the molecule is CCC(CCCCC(O)(CO)CCCCC(CC)C(=O)O)C(=O)O.OCCO.OCCO. The first-order valence-electron chi connectivity index (χ1n) is 11.3. The molecule has 0 amide bonds. The molecule has 0 bridgehead atoms. The van der Waals surface area contributed by atoms with Crippen molar-refractivity contribution < 1.29 is 50.4 Å². The zero-order valence-corrected chi connectivity index (χ0v) is 19.7. The standard InChI is InChI=1S/C18H34O6.2C2H6O2/c1-3-14(16(20)21)9-5-7-11-18(24,13-19)12-8-6-10-15(4-2)17(22)23;2*3-1-2-4/h14-15,19,24H,3-13H2,1-2H3,(H,20,21)(H,22,23);2*3-4H,1-2H2. The highest BCUT2D eigenvalue weighted by atomic mass is 16.4. The number of aliphatic carboxylic acids is 2. The molecule has 0 aliphatic rings. The maximum absolute atomic E-state index is 10.9. The zero-order chi connectivity index (χ0) is 25.4. The summed E-state index contributed by atoms with van der Waals surface area (Å²) in [6.07, 6.45) is 6.03. The zero-order valence-electron chi connectivity index (χ0n) is 19.7. The molecule has 0 aliphatic heterocycles. The monoisotopic (exact) mass is 470 g/mol. The van der Waals surface area contributed by atoms with Gasteiger partial charge < -0.3 is 40.9 Å². The van der Waals surface area contributed by atoms with Crippen LogP contribution in [0, 0.1) is 11.8 Å². The lowest BCUT2D eigenvalue weighted by molar-refractivity contribution is -0.143. The Labute approximate surface area is 191 Å². The number of carboxylic acid groups (broad SMARTS) is 2. The van der Waals surface area contributed by atoms with Crippen molar-refractivity contribution in [3.05, 3.63) is 0 Å². The average molecular weight is 471 g/mol. The van der Waals surface area contributed by atoms with Crippen molar-refractivity contribution in [1.29, 1.82) is 0 Å². The Balaban J connectivity index is -0.000000896. The Morgan fingerprint density at radius 1 is 0.656 bits per heavy atom. The minimum absolute atomic E-state index is 0.125. The van der Waals surface area contributed by atoms with Crippen LogP contribution in [0.15, 0.2) is 0 Å². The molecule has 0 aromatic rings. The average Bonchev–Trinajstić information content (AvgIpc) is 2.78. The van der Waals surface area contributed by atoms with Crippen molar-refractivity contribution in [2.75, 3.05) is 33.0 Å². The maximum atomic E-state index is 10.9. The second kappa shape index (κ2) is 24.3. The lowest BCUT2D eigenvalue weighted by atomic mass is 9.88. The lowest BCUT2D eigenvalue weighted by Crippen LogP contribution is -2.33. The number of hydrogen-bond acceptors (Lipinski definition) is 8. The first kappa shape index (κ1) is 35.3. The van der Waals surface area contributed by atoms with E-state index in [1.807, 2.05) is 13.8 Å². The Bertz CT molecular complexity index is 393. The van der Waals surface area contributed by atoms with E-state index in [2.05, 4.69) is 0 Å². The third-order valence-electron chi connectivity index (χ3n) is 5.07. The van der Waals surface area contributed by atoms with Crippen molar-refractivity contribution in [3.8, 4) is 0 Å². The molecule has 0 aliphatic carbocycles. The predicted octanol–water partition coefficient (Wildman–Crippen LogP) is 0.994. The normalized spacial score (nSPS) is 14.1. The lowest BCUT2D eigenvalue weighted by Gasteiger charge is -2.26. The number of aliphatic hydroxyl groups is 6. The van der Waals surface area contributed by atoms with Crippen molar-refractivity contribution in [3.63, 3.8) is 0 Å². The first-order chi connectivity index (χ1) is 15.1. The molecule has 0 heterocycles. The second-order valence-electron chi connectivity index (χ2n) is 7.66. The summed E-state index contributed by atoms with van der Waals surface area (Å²) in [6, 6.07) is 0. The van der Waals surface area contributed by atoms with E-state index in [0.717, 1.165) is 0 Å². The van der Waals surface area contributed by atoms with Gasteiger partial charge in [-0.15, -0.1) is 0 Å². The Morgan fingerprint density at radius 2 is 0.969 bits per heavy atom. The van der Waals surface area contributed by atoms with Gasteiger partial charge in [-0.05, 0) is 38.5 Å². The van der Waals surface area contributed by atoms with E-state index in [9.17, 15) is 19.8 Å². The summed E-state index contributed by atoms with van der Waals surface area (Å²) in [7, 11) is 0. The molecule has 194 valence electrons. The topological polar surface area (TPSA) is 196 Å². The van der Waals surface area contributed by atoms with E-state index in [-0.39, 0.29) is 44.9 Å². The predicted molar refractivity (Wildman–Crippen MR) is 120 cm³/mol. The van der Waals surface area contributed by atoms with Crippen molar-refractivity contribution >= 4 is 11.9 Å². The number of carbonyl (C=O) groups is 2. The van der Waals surface area contributed by atoms with Crippen LogP contribution in [0.2, 0.25) is 0 Å². The van der Waals surface area contributed by atoms with Gasteiger partial charge in [-0.25, -0.2) is 0 Å². The van der Waals surface area contributed by atoms with Crippen LogP contribution in [0.25, 0.3) is 0 Å². The number of hydrogen-bond donors (Lipinski definition) is 8. The van der Waals surface area contributed by atoms with E-state index in [1.54, 1.807) is 0 Å². The highest BCUT2D eigenvalue weighted by molar-refractivity contribution is 5.70. The van der Waals surface area contributed by atoms with Crippen LogP contribution in [0.3, 0.4) is 0 Å². The molecular weight excluding hydrogens is 424 g/mol. The molecule has 0 aromatic carbocycles. The maximum Gasteiger partial charge on any atom is 0.306 e. The summed E-state index contributed by atoms with van der Waals surface area (Å²) in [5.41, 5.74) is -1.14. The fourth-order valence-corrected chi connectivity index (χ4v) is 2.98. The Kier molecular flexibility index (Phi) is 26.8. The van der Waals surface area contributed by atoms with Gasteiger partial charge in [0.2, 0.25) is 0 Å². The Hall–Kier alpha value is -1.30. The van der Waals surface area contributed by atoms with Gasteiger partial charge in [0.25, 0.3) is 0 Å². The molecule has 0 radical (unpaired) electrons. The molecule has 0 fully saturated rings. The minimum Gasteiger partial charge on any atom is -0.481 e. The van der Waals surface area contributed by atoms with Gasteiger partial charge in [0.05, 0.1) is 50.5 Å². The van der Waals surface area contributed by atoms with E-state index >= 15 is 0 Å². The Morgan fingerprint density at radius 3 is 1.16 bits per heavy atom. The molecule has 8 N–H and O–H groups in total. The molecule has 0 spiro atoms. The third-order valence-corrected chi connectivity index (χ3v) is 5.07. The van der Waals surface area contributed by atoms with Gasteiger partial charge in [0.15, 0.2) is 0 Å². The number of rotatable bonds is 17. The molecule has 10 nitrogen and oxygen atoms in total.